The molecule has 8 nitrogen and oxygen atoms in total. The number of aliphatic hydroxyl groups is 3. The Bertz CT molecular complexity index is 653. The van der Waals surface area contributed by atoms with E-state index in [1.165, 1.54) is 13.0 Å². The summed E-state index contributed by atoms with van der Waals surface area (Å²) in [7, 11) is 2.24. The SMILES string of the molecule is C.CC(C)(C)N1CC(N)C[C@H]1CO.CC(C)(C)N1CC(O)CC1C=O.CC(C)(C)[N+]1(C)CC[C@H]1CO. The highest BCUT2D eigenvalue weighted by atomic mass is 16.3. The Morgan fingerprint density at radius 2 is 1.44 bits per heavy atom. The molecule has 0 amide bonds. The van der Waals surface area contributed by atoms with Crippen LogP contribution in [-0.4, -0.2) is 123 Å². The van der Waals surface area contributed by atoms with E-state index in [-0.39, 0.29) is 54.9 Å². The number of likely N-dealkylation sites (N-methyl/N-ethyl adjacent to an activating group) is 1. The molecule has 216 valence electrons. The van der Waals surface area contributed by atoms with E-state index < -0.39 is 0 Å². The number of rotatable bonds is 3. The van der Waals surface area contributed by atoms with Crippen molar-refractivity contribution in [3.05, 3.63) is 0 Å². The van der Waals surface area contributed by atoms with Crippen molar-refractivity contribution in [2.75, 3.05) is 39.9 Å². The lowest BCUT2D eigenvalue weighted by molar-refractivity contribution is -1.01. The van der Waals surface area contributed by atoms with Gasteiger partial charge in [-0.05, 0) is 75.2 Å². The van der Waals surface area contributed by atoms with Crippen LogP contribution in [0.2, 0.25) is 0 Å². The second kappa shape index (κ2) is 13.5. The lowest BCUT2D eigenvalue weighted by atomic mass is 9.89. The summed E-state index contributed by atoms with van der Waals surface area (Å²) in [6, 6.07) is 0.886. The molecule has 0 radical (unpaired) electrons. The quantitative estimate of drug-likeness (QED) is 0.336. The minimum atomic E-state index is -0.334. The average molecular weight is 518 g/mol. The number of carbonyl (C=O) groups is 1. The fourth-order valence-corrected chi connectivity index (χ4v) is 5.54. The van der Waals surface area contributed by atoms with Gasteiger partial charge >= 0.3 is 0 Å². The molecule has 3 rings (SSSR count). The van der Waals surface area contributed by atoms with E-state index in [0.717, 1.165) is 23.7 Å². The lowest BCUT2D eigenvalue weighted by Crippen LogP contribution is -2.71. The first-order chi connectivity index (χ1) is 15.8. The van der Waals surface area contributed by atoms with Gasteiger partial charge in [0.2, 0.25) is 0 Å². The van der Waals surface area contributed by atoms with Crippen molar-refractivity contribution >= 4 is 6.29 Å². The minimum Gasteiger partial charge on any atom is -0.395 e. The van der Waals surface area contributed by atoms with Gasteiger partial charge in [-0.1, -0.05) is 7.43 Å². The van der Waals surface area contributed by atoms with Crippen LogP contribution in [0.3, 0.4) is 0 Å². The van der Waals surface area contributed by atoms with Crippen molar-refractivity contribution in [3.63, 3.8) is 0 Å². The van der Waals surface area contributed by atoms with Crippen LogP contribution in [0.4, 0.5) is 0 Å². The summed E-state index contributed by atoms with van der Waals surface area (Å²) >= 11 is 0. The molecule has 36 heavy (non-hydrogen) atoms. The molecule has 3 fully saturated rings. The Kier molecular flexibility index (Phi) is 13.2. The summed E-state index contributed by atoms with van der Waals surface area (Å²) in [5, 5.41) is 27.6. The molecule has 6 atom stereocenters. The first-order valence-electron chi connectivity index (χ1n) is 13.3. The van der Waals surface area contributed by atoms with Gasteiger partial charge in [0.05, 0.1) is 50.9 Å². The van der Waals surface area contributed by atoms with E-state index in [1.807, 2.05) is 4.90 Å². The summed E-state index contributed by atoms with van der Waals surface area (Å²) in [4.78, 5) is 15.0. The van der Waals surface area contributed by atoms with E-state index in [4.69, 9.17) is 15.9 Å². The van der Waals surface area contributed by atoms with Crippen LogP contribution in [0.5, 0.6) is 0 Å². The summed E-state index contributed by atoms with van der Waals surface area (Å²) in [6.45, 7) is 22.7. The van der Waals surface area contributed by atoms with E-state index >= 15 is 0 Å². The molecule has 3 aliphatic rings. The summed E-state index contributed by atoms with van der Waals surface area (Å²) in [5.41, 5.74) is 6.22. The van der Waals surface area contributed by atoms with Crippen LogP contribution < -0.4 is 5.73 Å². The zero-order valence-electron chi connectivity index (χ0n) is 24.3. The minimum absolute atomic E-state index is 0. The van der Waals surface area contributed by atoms with Crippen molar-refractivity contribution in [1.82, 2.24) is 9.80 Å². The van der Waals surface area contributed by atoms with Crippen LogP contribution >= 0.6 is 0 Å². The average Bonchev–Trinajstić information content (AvgIpc) is 3.29. The highest BCUT2D eigenvalue weighted by Gasteiger charge is 2.49. The van der Waals surface area contributed by atoms with Gasteiger partial charge in [-0.2, -0.15) is 0 Å². The monoisotopic (exact) mass is 517 g/mol. The molecular weight excluding hydrogens is 456 g/mol. The van der Waals surface area contributed by atoms with Crippen LogP contribution in [0.15, 0.2) is 0 Å². The smallest absolute Gasteiger partial charge is 0.137 e. The number of aldehydes is 1. The third-order valence-electron chi connectivity index (χ3n) is 8.34. The fourth-order valence-electron chi connectivity index (χ4n) is 5.54. The van der Waals surface area contributed by atoms with Gasteiger partial charge in [0.25, 0.3) is 0 Å². The molecule has 0 bridgehead atoms. The van der Waals surface area contributed by atoms with Crippen LogP contribution in [0, 0.1) is 0 Å². The van der Waals surface area contributed by atoms with Crippen molar-refractivity contribution in [2.24, 2.45) is 5.73 Å². The zero-order chi connectivity index (χ0) is 27.4. The molecule has 5 N–H and O–H groups in total. The van der Waals surface area contributed by atoms with Crippen LogP contribution in [0.1, 0.15) is 89.0 Å². The van der Waals surface area contributed by atoms with Gasteiger partial charge in [0.15, 0.2) is 0 Å². The molecule has 3 heterocycles. The van der Waals surface area contributed by atoms with Gasteiger partial charge in [-0.3, -0.25) is 9.80 Å². The highest BCUT2D eigenvalue weighted by Crippen LogP contribution is 2.35. The molecule has 0 spiro atoms. The summed E-state index contributed by atoms with van der Waals surface area (Å²) < 4.78 is 1.03. The molecule has 0 aromatic heterocycles. The van der Waals surface area contributed by atoms with E-state index in [2.05, 4.69) is 74.3 Å². The number of β-amino-alcohol motifs (C(OH)–C–C–N with tert-alkyl or cyclic N) is 1. The number of quaternary nitrogens is 1. The van der Waals surface area contributed by atoms with Gasteiger partial charge < -0.3 is 30.3 Å². The molecule has 3 saturated heterocycles. The number of nitrogens with zero attached hydrogens (tertiary/aromatic N) is 3. The number of likely N-dealkylation sites (tertiary alicyclic amines) is 3. The summed E-state index contributed by atoms with van der Waals surface area (Å²) in [5.74, 6) is 0. The molecule has 0 aliphatic carbocycles. The van der Waals surface area contributed by atoms with E-state index in [9.17, 15) is 9.90 Å². The van der Waals surface area contributed by atoms with Gasteiger partial charge in [0, 0.05) is 36.3 Å². The molecule has 8 heteroatoms. The van der Waals surface area contributed by atoms with Crippen molar-refractivity contribution in [1.29, 1.82) is 0 Å². The lowest BCUT2D eigenvalue weighted by Gasteiger charge is -2.57. The van der Waals surface area contributed by atoms with E-state index in [0.29, 0.717) is 25.6 Å². The molecule has 0 saturated carbocycles. The molecule has 0 aromatic carbocycles. The summed E-state index contributed by atoms with van der Waals surface area (Å²) in [6.07, 6.45) is 3.29. The number of nitrogens with two attached hydrogens (primary N) is 1. The van der Waals surface area contributed by atoms with E-state index in [1.54, 1.807) is 0 Å². The first kappa shape index (κ1) is 35.4. The Balaban J connectivity index is 0.000000504. The Hall–Kier alpha value is -0.610. The van der Waals surface area contributed by atoms with Crippen molar-refractivity contribution < 1.29 is 24.6 Å². The molecular formula is C28H61N4O4+. The highest BCUT2D eigenvalue weighted by molar-refractivity contribution is 5.58. The second-order valence-corrected chi connectivity index (χ2v) is 13.9. The molecule has 4 unspecified atom stereocenters. The standard InChI is InChI=1S/C9H20N2O.C9H17NO2.C9H20NO.CH4/c1-9(2,3)11-5-7(10)4-8(11)6-12;1-9(2,3)10-5-8(12)4-7(10)6-11;1-9(2,3)10(4)6-5-8(10)7-11;/h7-8,12H,4-6,10H2,1-3H3;6-8,12H,4-5H2,1-3H3;8,11H,5-7H2,1-4H3;1H4/q;;+1;/t7?,8-;;8-,10?;/m0.0./s1. The first-order valence-corrected chi connectivity index (χ1v) is 13.3. The zero-order valence-corrected chi connectivity index (χ0v) is 24.3. The van der Waals surface area contributed by atoms with Gasteiger partial charge in [-0.25, -0.2) is 0 Å². The number of hydrogen-bond donors (Lipinski definition) is 4. The second-order valence-electron chi connectivity index (χ2n) is 13.9. The number of aliphatic hydroxyl groups excluding tert-OH is 3. The predicted molar refractivity (Wildman–Crippen MR) is 150 cm³/mol. The maximum atomic E-state index is 10.7. The largest absolute Gasteiger partial charge is 0.395 e. The van der Waals surface area contributed by atoms with Crippen molar-refractivity contribution in [2.45, 2.75) is 136 Å². The maximum absolute atomic E-state index is 10.7. The maximum Gasteiger partial charge on any atom is 0.137 e. The van der Waals surface area contributed by atoms with Gasteiger partial charge in [-0.15, -0.1) is 0 Å². The van der Waals surface area contributed by atoms with Crippen LogP contribution in [0.25, 0.3) is 0 Å². The third-order valence-corrected chi connectivity index (χ3v) is 8.34. The third kappa shape index (κ3) is 9.00. The number of carbonyl (C=O) groups excluding carboxylic acids is 1. The topological polar surface area (TPSA) is 110 Å². The Labute approximate surface area is 222 Å². The normalized spacial score (nSPS) is 33.4. The van der Waals surface area contributed by atoms with Crippen molar-refractivity contribution in [3.8, 4) is 0 Å². The predicted octanol–water partition coefficient (Wildman–Crippen LogP) is 2.23. The van der Waals surface area contributed by atoms with Crippen LogP contribution in [-0.2, 0) is 4.79 Å². The fraction of sp³-hybridized carbons (Fsp3) is 0.964. The molecule has 3 aliphatic heterocycles. The Morgan fingerprint density at radius 1 is 0.917 bits per heavy atom. The Morgan fingerprint density at radius 3 is 1.69 bits per heavy atom. The number of hydrogen-bond acceptors (Lipinski definition) is 7. The van der Waals surface area contributed by atoms with Gasteiger partial charge in [0.1, 0.15) is 12.3 Å². The molecule has 0 aromatic rings.